The lowest BCUT2D eigenvalue weighted by Crippen LogP contribution is -2.31. The first-order valence-corrected chi connectivity index (χ1v) is 9.12. The van der Waals surface area contributed by atoms with Crippen molar-refractivity contribution in [3.8, 4) is 0 Å². The molecule has 0 N–H and O–H groups in total. The number of anilines is 1. The fraction of sp³-hybridized carbons (Fsp3) is 0.150. The third kappa shape index (κ3) is 3.86. The number of rotatable bonds is 6. The Morgan fingerprint density at radius 2 is 1.92 bits per heavy atom. The first-order chi connectivity index (χ1) is 12.6. The standard InChI is InChI=1S/C20H18N2O3S/c1-2-11-21(17-9-4-3-5-10-17)19(24)16-8-6-7-15(12-16)13-22-18(23)14-26-20(22)25/h2-10,12H,1,11,13-14H2. The molecule has 6 heteroatoms. The molecule has 0 saturated carbocycles. The van der Waals surface area contributed by atoms with Crippen LogP contribution in [0.25, 0.3) is 0 Å². The van der Waals surface area contributed by atoms with Gasteiger partial charge in [0.05, 0.1) is 12.3 Å². The van der Waals surface area contributed by atoms with Gasteiger partial charge in [-0.15, -0.1) is 6.58 Å². The van der Waals surface area contributed by atoms with E-state index in [-0.39, 0.29) is 29.4 Å². The van der Waals surface area contributed by atoms with Crippen LogP contribution in [0.15, 0.2) is 67.3 Å². The zero-order valence-electron chi connectivity index (χ0n) is 14.1. The Morgan fingerprint density at radius 1 is 1.15 bits per heavy atom. The largest absolute Gasteiger partial charge is 0.305 e. The van der Waals surface area contributed by atoms with Crippen LogP contribution in [-0.2, 0) is 11.3 Å². The molecule has 0 radical (unpaired) electrons. The lowest BCUT2D eigenvalue weighted by molar-refractivity contribution is -0.125. The summed E-state index contributed by atoms with van der Waals surface area (Å²) in [6.45, 7) is 4.29. The van der Waals surface area contributed by atoms with E-state index in [4.69, 9.17) is 0 Å². The lowest BCUT2D eigenvalue weighted by Gasteiger charge is -2.22. The minimum absolute atomic E-state index is 0.161. The van der Waals surface area contributed by atoms with Crippen LogP contribution in [0.3, 0.4) is 0 Å². The topological polar surface area (TPSA) is 57.7 Å². The maximum atomic E-state index is 13.0. The number of amides is 3. The van der Waals surface area contributed by atoms with Gasteiger partial charge in [-0.25, -0.2) is 0 Å². The van der Waals surface area contributed by atoms with Crippen molar-refractivity contribution in [2.24, 2.45) is 0 Å². The monoisotopic (exact) mass is 366 g/mol. The Balaban J connectivity index is 1.84. The zero-order valence-corrected chi connectivity index (χ0v) is 14.9. The molecule has 26 heavy (non-hydrogen) atoms. The highest BCUT2D eigenvalue weighted by Gasteiger charge is 2.30. The summed E-state index contributed by atoms with van der Waals surface area (Å²) in [5, 5.41) is -0.246. The number of nitrogens with zero attached hydrogens (tertiary/aromatic N) is 2. The highest BCUT2D eigenvalue weighted by Crippen LogP contribution is 2.22. The fourth-order valence-electron chi connectivity index (χ4n) is 2.72. The van der Waals surface area contributed by atoms with Crippen LogP contribution in [0.1, 0.15) is 15.9 Å². The highest BCUT2D eigenvalue weighted by atomic mass is 32.2. The predicted molar refractivity (Wildman–Crippen MR) is 103 cm³/mol. The number of imide groups is 1. The predicted octanol–water partition coefficient (Wildman–Crippen LogP) is 3.71. The number of hydrogen-bond donors (Lipinski definition) is 0. The second kappa shape index (κ2) is 8.01. The van der Waals surface area contributed by atoms with Crippen molar-refractivity contribution in [3.63, 3.8) is 0 Å². The molecular formula is C20H18N2O3S. The molecule has 0 aliphatic carbocycles. The van der Waals surface area contributed by atoms with E-state index in [0.29, 0.717) is 12.1 Å². The van der Waals surface area contributed by atoms with E-state index in [0.717, 1.165) is 23.0 Å². The van der Waals surface area contributed by atoms with Crippen molar-refractivity contribution in [2.75, 3.05) is 17.2 Å². The van der Waals surface area contributed by atoms with Gasteiger partial charge >= 0.3 is 0 Å². The van der Waals surface area contributed by atoms with Crippen molar-refractivity contribution in [1.82, 2.24) is 4.90 Å². The van der Waals surface area contributed by atoms with Crippen molar-refractivity contribution in [3.05, 3.63) is 78.4 Å². The summed E-state index contributed by atoms with van der Waals surface area (Å²) in [4.78, 5) is 39.4. The van der Waals surface area contributed by atoms with Crippen molar-refractivity contribution in [1.29, 1.82) is 0 Å². The van der Waals surface area contributed by atoms with Gasteiger partial charge in [-0.05, 0) is 29.8 Å². The molecule has 0 atom stereocenters. The van der Waals surface area contributed by atoms with Gasteiger partial charge in [0, 0.05) is 17.8 Å². The molecule has 0 aromatic heterocycles. The molecule has 1 aliphatic rings. The summed E-state index contributed by atoms with van der Waals surface area (Å²) in [7, 11) is 0. The number of para-hydroxylation sites is 1. The lowest BCUT2D eigenvalue weighted by atomic mass is 10.1. The fourth-order valence-corrected chi connectivity index (χ4v) is 3.44. The molecular weight excluding hydrogens is 348 g/mol. The minimum Gasteiger partial charge on any atom is -0.305 e. The van der Waals surface area contributed by atoms with Gasteiger partial charge in [-0.1, -0.05) is 48.2 Å². The number of thioether (sulfide) groups is 1. The molecule has 1 aliphatic heterocycles. The van der Waals surface area contributed by atoms with E-state index >= 15 is 0 Å². The number of carbonyl (C=O) groups excluding carboxylic acids is 3. The van der Waals surface area contributed by atoms with Gasteiger partial charge in [0.15, 0.2) is 0 Å². The number of carbonyl (C=O) groups is 3. The minimum atomic E-state index is -0.246. The van der Waals surface area contributed by atoms with E-state index < -0.39 is 0 Å². The Morgan fingerprint density at radius 3 is 2.58 bits per heavy atom. The molecule has 3 rings (SSSR count). The maximum Gasteiger partial charge on any atom is 0.289 e. The zero-order chi connectivity index (χ0) is 18.5. The Labute approximate surface area is 156 Å². The summed E-state index contributed by atoms with van der Waals surface area (Å²) >= 11 is 1.00. The first-order valence-electron chi connectivity index (χ1n) is 8.14. The second-order valence-corrected chi connectivity index (χ2v) is 6.70. The second-order valence-electron chi connectivity index (χ2n) is 5.77. The van der Waals surface area contributed by atoms with E-state index in [1.807, 2.05) is 30.3 Å². The van der Waals surface area contributed by atoms with Gasteiger partial charge in [-0.3, -0.25) is 19.3 Å². The van der Waals surface area contributed by atoms with Crippen LogP contribution >= 0.6 is 11.8 Å². The highest BCUT2D eigenvalue weighted by molar-refractivity contribution is 8.14. The summed E-state index contributed by atoms with van der Waals surface area (Å²) in [5.74, 6) is -0.181. The van der Waals surface area contributed by atoms with Crippen LogP contribution < -0.4 is 4.90 Å². The Hall–Kier alpha value is -2.86. The molecule has 1 saturated heterocycles. The molecule has 0 bridgehead atoms. The van der Waals surface area contributed by atoms with Gasteiger partial charge in [-0.2, -0.15) is 0 Å². The van der Waals surface area contributed by atoms with Gasteiger partial charge < -0.3 is 4.90 Å². The van der Waals surface area contributed by atoms with Crippen LogP contribution in [0.4, 0.5) is 10.5 Å². The SMILES string of the molecule is C=CCN(C(=O)c1cccc(CN2C(=O)CSC2=O)c1)c1ccccc1. The Bertz CT molecular complexity index is 835. The van der Waals surface area contributed by atoms with E-state index in [1.54, 1.807) is 35.2 Å². The van der Waals surface area contributed by atoms with E-state index in [1.165, 1.54) is 4.90 Å². The number of benzene rings is 2. The molecule has 2 aromatic rings. The molecule has 0 unspecified atom stereocenters. The third-order valence-electron chi connectivity index (χ3n) is 3.98. The van der Waals surface area contributed by atoms with E-state index in [9.17, 15) is 14.4 Å². The van der Waals surface area contributed by atoms with Gasteiger partial charge in [0.25, 0.3) is 11.1 Å². The summed E-state index contributed by atoms with van der Waals surface area (Å²) < 4.78 is 0. The maximum absolute atomic E-state index is 13.0. The van der Waals surface area contributed by atoms with Crippen LogP contribution in [-0.4, -0.2) is 34.3 Å². The van der Waals surface area contributed by atoms with Crippen LogP contribution in [0.2, 0.25) is 0 Å². The normalized spacial score (nSPS) is 13.8. The molecule has 1 fully saturated rings. The summed E-state index contributed by atoms with van der Waals surface area (Å²) in [6.07, 6.45) is 1.67. The average Bonchev–Trinajstić information content (AvgIpc) is 2.98. The molecule has 132 valence electrons. The third-order valence-corrected chi connectivity index (χ3v) is 4.84. The van der Waals surface area contributed by atoms with E-state index in [2.05, 4.69) is 6.58 Å². The summed E-state index contributed by atoms with van der Waals surface area (Å²) in [5.41, 5.74) is 2.02. The molecule has 2 aromatic carbocycles. The summed E-state index contributed by atoms with van der Waals surface area (Å²) in [6, 6.07) is 16.4. The molecule has 1 heterocycles. The Kier molecular flexibility index (Phi) is 5.53. The van der Waals surface area contributed by atoms with Gasteiger partial charge in [0.2, 0.25) is 5.91 Å². The van der Waals surface area contributed by atoms with Gasteiger partial charge in [0.1, 0.15) is 0 Å². The van der Waals surface area contributed by atoms with Crippen molar-refractivity contribution < 1.29 is 14.4 Å². The van der Waals surface area contributed by atoms with Crippen LogP contribution in [0, 0.1) is 0 Å². The first kappa shape index (κ1) is 17.9. The number of hydrogen-bond acceptors (Lipinski definition) is 4. The molecule has 0 spiro atoms. The average molecular weight is 366 g/mol. The quantitative estimate of drug-likeness (QED) is 0.731. The molecule has 3 amide bonds. The smallest absolute Gasteiger partial charge is 0.289 e. The van der Waals surface area contributed by atoms with Crippen molar-refractivity contribution in [2.45, 2.75) is 6.54 Å². The molecule has 5 nitrogen and oxygen atoms in total. The van der Waals surface area contributed by atoms with Crippen LogP contribution in [0.5, 0.6) is 0 Å². The van der Waals surface area contributed by atoms with Crippen molar-refractivity contribution >= 4 is 34.5 Å².